The molecule has 7 heteroatoms. The van der Waals surface area contributed by atoms with Crippen LogP contribution in [0.25, 0.3) is 0 Å². The van der Waals surface area contributed by atoms with Crippen LogP contribution in [-0.2, 0) is 27.9 Å². The highest BCUT2D eigenvalue weighted by atomic mass is 32.2. The van der Waals surface area contributed by atoms with Crippen molar-refractivity contribution in [2.75, 3.05) is 12.3 Å². The van der Waals surface area contributed by atoms with E-state index in [1.54, 1.807) is 4.90 Å². The second-order valence-corrected chi connectivity index (χ2v) is 6.86. The van der Waals surface area contributed by atoms with Crippen molar-refractivity contribution >= 4 is 15.9 Å². The third-order valence-corrected chi connectivity index (χ3v) is 4.30. The zero-order chi connectivity index (χ0) is 14.8. The fourth-order valence-corrected chi connectivity index (χ4v) is 3.40. The van der Waals surface area contributed by atoms with Gasteiger partial charge < -0.3 is 10.6 Å². The third kappa shape index (κ3) is 4.03. The van der Waals surface area contributed by atoms with E-state index in [0.29, 0.717) is 19.6 Å². The second-order valence-electron chi connectivity index (χ2n) is 5.20. The number of carbonyl (C=O) groups is 1. The number of hydrogen-bond donors (Lipinski definition) is 2. The first-order valence-electron chi connectivity index (χ1n) is 6.43. The first-order valence-corrected chi connectivity index (χ1v) is 8.15. The second kappa shape index (κ2) is 5.90. The lowest BCUT2D eigenvalue weighted by Crippen LogP contribution is -2.27. The highest BCUT2D eigenvalue weighted by molar-refractivity contribution is 7.89. The van der Waals surface area contributed by atoms with Crippen LogP contribution in [0.1, 0.15) is 17.5 Å². The lowest BCUT2D eigenvalue weighted by Gasteiger charge is -2.17. The molecule has 20 heavy (non-hydrogen) atoms. The fourth-order valence-electron chi connectivity index (χ4n) is 2.52. The van der Waals surface area contributed by atoms with Gasteiger partial charge >= 0.3 is 0 Å². The van der Waals surface area contributed by atoms with Crippen LogP contribution in [-0.4, -0.2) is 31.5 Å². The van der Waals surface area contributed by atoms with Crippen molar-refractivity contribution in [2.45, 2.75) is 19.5 Å². The Balaban J connectivity index is 2.01. The fraction of sp³-hybridized carbons (Fsp3) is 0.462. The number of hydrogen-bond acceptors (Lipinski definition) is 4. The topological polar surface area (TPSA) is 106 Å². The molecule has 1 aromatic carbocycles. The summed E-state index contributed by atoms with van der Waals surface area (Å²) < 4.78 is 22.2. The van der Waals surface area contributed by atoms with Crippen LogP contribution >= 0.6 is 0 Å². The molecule has 1 aliphatic heterocycles. The molecule has 1 aromatic rings. The Bertz CT molecular complexity index is 601. The summed E-state index contributed by atoms with van der Waals surface area (Å²) in [5.41, 5.74) is 7.59. The Morgan fingerprint density at radius 3 is 2.65 bits per heavy atom. The Morgan fingerprint density at radius 1 is 1.30 bits per heavy atom. The monoisotopic (exact) mass is 297 g/mol. The minimum Gasteiger partial charge on any atom is -0.338 e. The number of amides is 1. The molecule has 1 fully saturated rings. The molecule has 4 N–H and O–H groups in total. The standard InChI is InChI=1S/C13H19N3O3S/c14-6-10-2-1-3-11(4-10)7-16-8-12(5-13(16)17)9-20(15,18)19/h1-4,12H,5-9,14H2,(H2,15,18,19). The molecule has 1 saturated heterocycles. The smallest absolute Gasteiger partial charge is 0.223 e. The van der Waals surface area contributed by atoms with Crippen LogP contribution in [0.3, 0.4) is 0 Å². The molecule has 0 spiro atoms. The Hall–Kier alpha value is -1.44. The molecule has 0 radical (unpaired) electrons. The molecule has 0 aromatic heterocycles. The quantitative estimate of drug-likeness (QED) is 0.783. The zero-order valence-electron chi connectivity index (χ0n) is 11.2. The Labute approximate surface area is 118 Å². The number of sulfonamides is 1. The maximum atomic E-state index is 11.9. The van der Waals surface area contributed by atoms with Gasteiger partial charge in [-0.25, -0.2) is 13.6 Å². The number of primary sulfonamides is 1. The van der Waals surface area contributed by atoms with E-state index in [4.69, 9.17) is 10.9 Å². The maximum Gasteiger partial charge on any atom is 0.223 e. The van der Waals surface area contributed by atoms with Gasteiger partial charge in [0.05, 0.1) is 5.75 Å². The lowest BCUT2D eigenvalue weighted by molar-refractivity contribution is -0.128. The highest BCUT2D eigenvalue weighted by Gasteiger charge is 2.31. The lowest BCUT2D eigenvalue weighted by atomic mass is 10.1. The molecule has 1 amide bonds. The summed E-state index contributed by atoms with van der Waals surface area (Å²) in [6, 6.07) is 7.72. The van der Waals surface area contributed by atoms with Crippen LogP contribution in [0.4, 0.5) is 0 Å². The third-order valence-electron chi connectivity index (χ3n) is 3.36. The van der Waals surface area contributed by atoms with E-state index < -0.39 is 10.0 Å². The average molecular weight is 297 g/mol. The first kappa shape index (κ1) is 15.0. The Morgan fingerprint density at radius 2 is 2.00 bits per heavy atom. The average Bonchev–Trinajstić information content (AvgIpc) is 2.67. The van der Waals surface area contributed by atoms with Gasteiger partial charge in [0, 0.05) is 32.0 Å². The molecule has 1 atom stereocenters. The predicted molar refractivity (Wildman–Crippen MR) is 75.8 cm³/mol. The van der Waals surface area contributed by atoms with Gasteiger partial charge in [0.2, 0.25) is 15.9 Å². The van der Waals surface area contributed by atoms with Gasteiger partial charge in [-0.15, -0.1) is 0 Å². The van der Waals surface area contributed by atoms with Crippen molar-refractivity contribution < 1.29 is 13.2 Å². The van der Waals surface area contributed by atoms with Crippen LogP contribution in [0.5, 0.6) is 0 Å². The molecule has 1 unspecified atom stereocenters. The largest absolute Gasteiger partial charge is 0.338 e. The van der Waals surface area contributed by atoms with Crippen LogP contribution in [0.2, 0.25) is 0 Å². The van der Waals surface area contributed by atoms with E-state index in [1.165, 1.54) is 0 Å². The molecule has 0 bridgehead atoms. The molecule has 110 valence electrons. The SMILES string of the molecule is NCc1cccc(CN2CC(CS(N)(=O)=O)CC2=O)c1. The van der Waals surface area contributed by atoms with Crippen LogP contribution < -0.4 is 10.9 Å². The van der Waals surface area contributed by atoms with Gasteiger partial charge in [-0.1, -0.05) is 24.3 Å². The van der Waals surface area contributed by atoms with Crippen molar-refractivity contribution in [1.29, 1.82) is 0 Å². The van der Waals surface area contributed by atoms with Gasteiger partial charge in [-0.2, -0.15) is 0 Å². The minimum absolute atomic E-state index is 0.0307. The van der Waals surface area contributed by atoms with E-state index in [2.05, 4.69) is 0 Å². The van der Waals surface area contributed by atoms with Gasteiger partial charge in [-0.05, 0) is 11.1 Å². The number of benzene rings is 1. The maximum absolute atomic E-state index is 11.9. The minimum atomic E-state index is -3.53. The Kier molecular flexibility index (Phi) is 4.42. The zero-order valence-corrected chi connectivity index (χ0v) is 12.0. The normalized spacial score (nSPS) is 19.6. The van der Waals surface area contributed by atoms with E-state index >= 15 is 0 Å². The molecule has 6 nitrogen and oxygen atoms in total. The predicted octanol–water partition coefficient (Wildman–Crippen LogP) is -0.218. The molecule has 0 aliphatic carbocycles. The van der Waals surface area contributed by atoms with Gasteiger partial charge in [0.15, 0.2) is 0 Å². The molecule has 0 saturated carbocycles. The number of carbonyl (C=O) groups excluding carboxylic acids is 1. The van der Waals surface area contributed by atoms with Crippen molar-refractivity contribution in [2.24, 2.45) is 16.8 Å². The summed E-state index contributed by atoms with van der Waals surface area (Å²) in [6.07, 6.45) is 0.243. The summed E-state index contributed by atoms with van der Waals surface area (Å²) >= 11 is 0. The summed E-state index contributed by atoms with van der Waals surface area (Å²) in [5.74, 6) is -0.384. The molecule has 2 rings (SSSR count). The van der Waals surface area contributed by atoms with Gasteiger partial charge in [0.1, 0.15) is 0 Å². The van der Waals surface area contributed by atoms with E-state index in [-0.39, 0.29) is 24.0 Å². The number of nitrogens with zero attached hydrogens (tertiary/aromatic N) is 1. The summed E-state index contributed by atoms with van der Waals surface area (Å²) in [5, 5.41) is 5.03. The van der Waals surface area contributed by atoms with Crippen molar-refractivity contribution in [3.8, 4) is 0 Å². The van der Waals surface area contributed by atoms with Crippen LogP contribution in [0, 0.1) is 5.92 Å². The van der Waals surface area contributed by atoms with Gasteiger partial charge in [-0.3, -0.25) is 4.79 Å². The number of likely N-dealkylation sites (tertiary alicyclic amines) is 1. The van der Waals surface area contributed by atoms with Gasteiger partial charge in [0.25, 0.3) is 0 Å². The van der Waals surface area contributed by atoms with E-state index in [0.717, 1.165) is 11.1 Å². The van der Waals surface area contributed by atoms with E-state index in [9.17, 15) is 13.2 Å². The molecule has 1 aliphatic rings. The van der Waals surface area contributed by atoms with Crippen LogP contribution in [0.15, 0.2) is 24.3 Å². The van der Waals surface area contributed by atoms with Crippen molar-refractivity contribution in [3.63, 3.8) is 0 Å². The first-order chi connectivity index (χ1) is 9.37. The highest BCUT2D eigenvalue weighted by Crippen LogP contribution is 2.21. The number of nitrogens with two attached hydrogens (primary N) is 2. The van der Waals surface area contributed by atoms with E-state index in [1.807, 2.05) is 24.3 Å². The molecular weight excluding hydrogens is 278 g/mol. The number of rotatable bonds is 5. The summed E-state index contributed by atoms with van der Waals surface area (Å²) in [4.78, 5) is 13.6. The summed E-state index contributed by atoms with van der Waals surface area (Å²) in [6.45, 7) is 1.37. The summed E-state index contributed by atoms with van der Waals surface area (Å²) in [7, 11) is -3.53. The molecular formula is C13H19N3O3S. The van der Waals surface area contributed by atoms with Crippen molar-refractivity contribution in [1.82, 2.24) is 4.90 Å². The molecule has 1 heterocycles. The van der Waals surface area contributed by atoms with Crippen molar-refractivity contribution in [3.05, 3.63) is 35.4 Å².